The van der Waals surface area contributed by atoms with E-state index < -0.39 is 5.60 Å². The molecule has 21 heavy (non-hydrogen) atoms. The third kappa shape index (κ3) is 4.36. The molecule has 2 aromatic rings. The number of aliphatic hydroxyl groups is 1. The van der Waals surface area contributed by atoms with E-state index in [9.17, 15) is 9.50 Å². The van der Waals surface area contributed by atoms with E-state index in [1.807, 2.05) is 0 Å². The second-order valence-electron chi connectivity index (χ2n) is 5.45. The summed E-state index contributed by atoms with van der Waals surface area (Å²) in [6, 6.07) is 6.18. The highest BCUT2D eigenvalue weighted by molar-refractivity contribution is 5.23. The first-order chi connectivity index (χ1) is 10.1. The molecule has 0 spiro atoms. The van der Waals surface area contributed by atoms with Crippen LogP contribution < -0.4 is 0 Å². The molecule has 5 heteroatoms. The van der Waals surface area contributed by atoms with Gasteiger partial charge in [-0.05, 0) is 24.1 Å². The van der Waals surface area contributed by atoms with Crippen molar-refractivity contribution in [2.45, 2.75) is 51.2 Å². The molecule has 0 aliphatic heterocycles. The van der Waals surface area contributed by atoms with Crippen LogP contribution in [0.15, 0.2) is 36.9 Å². The highest BCUT2D eigenvalue weighted by Crippen LogP contribution is 2.30. The van der Waals surface area contributed by atoms with Gasteiger partial charge < -0.3 is 5.11 Å². The third-order valence-corrected chi connectivity index (χ3v) is 3.70. The molecule has 114 valence electrons. The largest absolute Gasteiger partial charge is 0.383 e. The van der Waals surface area contributed by atoms with Gasteiger partial charge in [0.1, 0.15) is 24.1 Å². The topological polar surface area (TPSA) is 50.9 Å². The fourth-order valence-electron chi connectivity index (χ4n) is 2.52. The average Bonchev–Trinajstić information content (AvgIpc) is 2.96. The summed E-state index contributed by atoms with van der Waals surface area (Å²) in [5, 5.41) is 15.1. The summed E-state index contributed by atoms with van der Waals surface area (Å²) in [5.74, 6) is -0.335. The zero-order valence-electron chi connectivity index (χ0n) is 12.4. The zero-order valence-corrected chi connectivity index (χ0v) is 12.4. The molecule has 1 atom stereocenters. The number of rotatable bonds is 8. The van der Waals surface area contributed by atoms with Crippen molar-refractivity contribution in [3.8, 4) is 0 Å². The lowest BCUT2D eigenvalue weighted by molar-refractivity contribution is 0.00352. The van der Waals surface area contributed by atoms with Crippen LogP contribution in [0.5, 0.6) is 0 Å². The van der Waals surface area contributed by atoms with Gasteiger partial charge in [0.05, 0.1) is 6.54 Å². The average molecular weight is 291 g/mol. The van der Waals surface area contributed by atoms with Crippen LogP contribution in [0.2, 0.25) is 0 Å². The zero-order chi connectivity index (χ0) is 15.1. The molecular formula is C16H22FN3O. The van der Waals surface area contributed by atoms with Gasteiger partial charge in [0.25, 0.3) is 0 Å². The Hall–Kier alpha value is -1.75. The van der Waals surface area contributed by atoms with E-state index in [0.717, 1.165) is 25.7 Å². The molecule has 0 aliphatic carbocycles. The van der Waals surface area contributed by atoms with Gasteiger partial charge in [0.15, 0.2) is 0 Å². The van der Waals surface area contributed by atoms with Crippen molar-refractivity contribution < 1.29 is 9.50 Å². The van der Waals surface area contributed by atoms with Crippen LogP contribution in [0, 0.1) is 5.82 Å². The van der Waals surface area contributed by atoms with Gasteiger partial charge in [0, 0.05) is 0 Å². The maximum atomic E-state index is 13.5. The van der Waals surface area contributed by atoms with Crippen molar-refractivity contribution in [3.63, 3.8) is 0 Å². The van der Waals surface area contributed by atoms with Crippen molar-refractivity contribution >= 4 is 0 Å². The van der Waals surface area contributed by atoms with Crippen LogP contribution in [-0.4, -0.2) is 19.9 Å². The van der Waals surface area contributed by atoms with E-state index >= 15 is 0 Å². The van der Waals surface area contributed by atoms with Gasteiger partial charge in [-0.2, -0.15) is 5.10 Å². The number of benzene rings is 1. The van der Waals surface area contributed by atoms with Gasteiger partial charge in [-0.3, -0.25) is 0 Å². The Morgan fingerprint density at radius 3 is 2.81 bits per heavy atom. The number of halogens is 1. The Morgan fingerprint density at radius 1 is 1.29 bits per heavy atom. The Morgan fingerprint density at radius 2 is 2.14 bits per heavy atom. The normalized spacial score (nSPS) is 14.0. The molecule has 1 N–H and O–H groups in total. The second-order valence-corrected chi connectivity index (χ2v) is 5.45. The molecule has 0 aliphatic rings. The molecule has 4 nitrogen and oxygen atoms in total. The highest BCUT2D eigenvalue weighted by Gasteiger charge is 2.30. The Bertz CT molecular complexity index is 544. The fourth-order valence-corrected chi connectivity index (χ4v) is 2.52. The summed E-state index contributed by atoms with van der Waals surface area (Å²) in [6.45, 7) is 2.43. The van der Waals surface area contributed by atoms with Crippen LogP contribution in [-0.2, 0) is 12.1 Å². The number of nitrogens with zero attached hydrogens (tertiary/aromatic N) is 3. The minimum atomic E-state index is -1.12. The quantitative estimate of drug-likeness (QED) is 0.759. The molecule has 0 radical (unpaired) electrons. The van der Waals surface area contributed by atoms with Gasteiger partial charge in [-0.15, -0.1) is 0 Å². The van der Waals surface area contributed by atoms with E-state index in [1.54, 1.807) is 23.1 Å². The first-order valence-electron chi connectivity index (χ1n) is 7.45. The molecule has 1 aromatic carbocycles. The smallest absolute Gasteiger partial charge is 0.137 e. The summed E-state index contributed by atoms with van der Waals surface area (Å²) < 4.78 is 15.1. The maximum Gasteiger partial charge on any atom is 0.137 e. The van der Waals surface area contributed by atoms with Crippen molar-refractivity contribution in [3.05, 3.63) is 48.3 Å². The Labute approximate surface area is 124 Å². The lowest BCUT2D eigenvalue weighted by Gasteiger charge is -2.28. The number of aromatic nitrogens is 3. The number of hydrogen-bond acceptors (Lipinski definition) is 3. The molecule has 2 rings (SSSR count). The van der Waals surface area contributed by atoms with E-state index in [1.165, 1.54) is 18.5 Å². The maximum absolute atomic E-state index is 13.5. The van der Waals surface area contributed by atoms with Gasteiger partial charge in [0.2, 0.25) is 0 Å². The minimum Gasteiger partial charge on any atom is -0.383 e. The standard InChI is InChI=1S/C16H22FN3O/c1-2-3-4-5-9-16(21,11-20-13-18-12-19-20)14-7-6-8-15(17)10-14/h6-8,10,12-13,21H,2-5,9,11H2,1H3. The first kappa shape index (κ1) is 15.6. The lowest BCUT2D eigenvalue weighted by atomic mass is 9.88. The van der Waals surface area contributed by atoms with Crippen LogP contribution in [0.3, 0.4) is 0 Å². The molecule has 0 amide bonds. The number of hydrogen-bond donors (Lipinski definition) is 1. The predicted molar refractivity (Wildman–Crippen MR) is 79.1 cm³/mol. The SMILES string of the molecule is CCCCCCC(O)(Cn1cncn1)c1cccc(F)c1. The molecule has 0 saturated heterocycles. The van der Waals surface area contributed by atoms with E-state index in [2.05, 4.69) is 17.0 Å². The summed E-state index contributed by atoms with van der Waals surface area (Å²) >= 11 is 0. The van der Waals surface area contributed by atoms with Crippen molar-refractivity contribution in [1.82, 2.24) is 14.8 Å². The molecule has 0 saturated carbocycles. The Balaban J connectivity index is 2.16. The summed E-state index contributed by atoms with van der Waals surface area (Å²) in [7, 11) is 0. The van der Waals surface area contributed by atoms with Crippen LogP contribution >= 0.6 is 0 Å². The molecule has 1 heterocycles. The molecule has 1 unspecified atom stereocenters. The predicted octanol–water partition coefficient (Wildman–Crippen LogP) is 3.28. The van der Waals surface area contributed by atoms with Gasteiger partial charge in [-0.1, -0.05) is 44.7 Å². The van der Waals surface area contributed by atoms with Crippen molar-refractivity contribution in [2.75, 3.05) is 0 Å². The second kappa shape index (κ2) is 7.31. The summed E-state index contributed by atoms with van der Waals surface area (Å²) in [4.78, 5) is 3.89. The van der Waals surface area contributed by atoms with Crippen LogP contribution in [0.4, 0.5) is 4.39 Å². The van der Waals surface area contributed by atoms with E-state index in [0.29, 0.717) is 12.0 Å². The fraction of sp³-hybridized carbons (Fsp3) is 0.500. The van der Waals surface area contributed by atoms with Crippen molar-refractivity contribution in [1.29, 1.82) is 0 Å². The van der Waals surface area contributed by atoms with Gasteiger partial charge in [-0.25, -0.2) is 14.1 Å². The molecule has 0 bridgehead atoms. The van der Waals surface area contributed by atoms with Gasteiger partial charge >= 0.3 is 0 Å². The van der Waals surface area contributed by atoms with Crippen LogP contribution in [0.25, 0.3) is 0 Å². The number of unbranched alkanes of at least 4 members (excludes halogenated alkanes) is 3. The summed E-state index contributed by atoms with van der Waals surface area (Å²) in [5.41, 5.74) is -0.529. The monoisotopic (exact) mass is 291 g/mol. The highest BCUT2D eigenvalue weighted by atomic mass is 19.1. The third-order valence-electron chi connectivity index (χ3n) is 3.70. The molecule has 1 aromatic heterocycles. The summed E-state index contributed by atoms with van der Waals surface area (Å²) in [6.07, 6.45) is 7.82. The molecular weight excluding hydrogens is 269 g/mol. The van der Waals surface area contributed by atoms with Crippen LogP contribution in [0.1, 0.15) is 44.6 Å². The van der Waals surface area contributed by atoms with E-state index in [-0.39, 0.29) is 12.4 Å². The Kier molecular flexibility index (Phi) is 5.44. The minimum absolute atomic E-state index is 0.280. The first-order valence-corrected chi connectivity index (χ1v) is 7.45. The lowest BCUT2D eigenvalue weighted by Crippen LogP contribution is -2.32. The van der Waals surface area contributed by atoms with E-state index in [4.69, 9.17) is 0 Å². The molecule has 0 fully saturated rings. The van der Waals surface area contributed by atoms with Crippen molar-refractivity contribution in [2.24, 2.45) is 0 Å².